The van der Waals surface area contributed by atoms with Crippen molar-refractivity contribution in [2.45, 2.75) is 70.0 Å². The van der Waals surface area contributed by atoms with Crippen LogP contribution in [0.25, 0.3) is 0 Å². The van der Waals surface area contributed by atoms with Crippen LogP contribution in [0.3, 0.4) is 0 Å². The van der Waals surface area contributed by atoms with E-state index in [1.54, 1.807) is 18.7 Å². The van der Waals surface area contributed by atoms with Gasteiger partial charge in [0.2, 0.25) is 0 Å². The summed E-state index contributed by atoms with van der Waals surface area (Å²) in [5, 5.41) is 0.927. The van der Waals surface area contributed by atoms with Crippen molar-refractivity contribution in [2.75, 3.05) is 6.61 Å². The van der Waals surface area contributed by atoms with Crippen LogP contribution in [0.4, 0.5) is 0 Å². The molecule has 0 radical (unpaired) electrons. The highest BCUT2D eigenvalue weighted by atomic mass is 32.2. The Morgan fingerprint density at radius 1 is 1.23 bits per heavy atom. The fourth-order valence-corrected chi connectivity index (χ4v) is 4.89. The van der Waals surface area contributed by atoms with Gasteiger partial charge in [-0.05, 0) is 50.9 Å². The molecule has 5 nitrogen and oxygen atoms in total. The lowest BCUT2D eigenvalue weighted by Crippen LogP contribution is -2.33. The fraction of sp³-hybridized carbons (Fsp3) is 0.812. The maximum atomic E-state index is 11.8. The first kappa shape index (κ1) is 17.5. The SMILES string of the molecule is CCOC(=O)/C(NN)=C(/N)SC1CCC2(CCCCC2)CC1. The summed E-state index contributed by atoms with van der Waals surface area (Å²) in [4.78, 5) is 11.8. The lowest BCUT2D eigenvalue weighted by atomic mass is 9.65. The molecule has 126 valence electrons. The van der Waals surface area contributed by atoms with Crippen LogP contribution in [0.1, 0.15) is 64.7 Å². The highest BCUT2D eigenvalue weighted by molar-refractivity contribution is 8.03. The third-order valence-electron chi connectivity index (χ3n) is 5.07. The Morgan fingerprint density at radius 2 is 1.86 bits per heavy atom. The first-order valence-corrected chi connectivity index (χ1v) is 9.28. The smallest absolute Gasteiger partial charge is 0.358 e. The summed E-state index contributed by atoms with van der Waals surface area (Å²) in [6.07, 6.45) is 11.9. The number of hydrogen-bond acceptors (Lipinski definition) is 6. The van der Waals surface area contributed by atoms with Crippen LogP contribution in [0, 0.1) is 5.41 Å². The molecule has 0 aromatic heterocycles. The van der Waals surface area contributed by atoms with Crippen molar-refractivity contribution in [2.24, 2.45) is 17.0 Å². The van der Waals surface area contributed by atoms with Crippen molar-refractivity contribution >= 4 is 17.7 Å². The third kappa shape index (κ3) is 4.32. The number of nitrogens with one attached hydrogen (secondary N) is 1. The molecule has 0 heterocycles. The molecule has 22 heavy (non-hydrogen) atoms. The van der Waals surface area contributed by atoms with E-state index in [1.165, 1.54) is 57.8 Å². The van der Waals surface area contributed by atoms with Gasteiger partial charge in [-0.2, -0.15) is 0 Å². The van der Waals surface area contributed by atoms with Crippen LogP contribution in [0.5, 0.6) is 0 Å². The monoisotopic (exact) mass is 327 g/mol. The minimum absolute atomic E-state index is 0.185. The van der Waals surface area contributed by atoms with Gasteiger partial charge in [0.05, 0.1) is 11.6 Å². The predicted octanol–water partition coefficient (Wildman–Crippen LogP) is 2.77. The number of rotatable bonds is 5. The van der Waals surface area contributed by atoms with Crippen molar-refractivity contribution in [3.8, 4) is 0 Å². The van der Waals surface area contributed by atoms with E-state index >= 15 is 0 Å². The minimum Gasteiger partial charge on any atom is -0.461 e. The van der Waals surface area contributed by atoms with Crippen molar-refractivity contribution in [3.63, 3.8) is 0 Å². The van der Waals surface area contributed by atoms with Crippen LogP contribution >= 0.6 is 11.8 Å². The Hall–Kier alpha value is -0.880. The van der Waals surface area contributed by atoms with Gasteiger partial charge in [-0.1, -0.05) is 19.3 Å². The van der Waals surface area contributed by atoms with Gasteiger partial charge in [-0.3, -0.25) is 5.84 Å². The van der Waals surface area contributed by atoms with Crippen LogP contribution in [-0.4, -0.2) is 17.8 Å². The molecule has 0 aromatic carbocycles. The molecule has 0 aromatic rings. The molecular weight excluding hydrogens is 298 g/mol. The van der Waals surface area contributed by atoms with Gasteiger partial charge in [0.15, 0.2) is 5.70 Å². The van der Waals surface area contributed by atoms with Crippen LogP contribution in [0.15, 0.2) is 10.7 Å². The van der Waals surface area contributed by atoms with Crippen LogP contribution < -0.4 is 17.0 Å². The normalized spacial score (nSPS) is 23.0. The summed E-state index contributed by atoms with van der Waals surface area (Å²) in [6, 6.07) is 0. The summed E-state index contributed by atoms with van der Waals surface area (Å²) in [7, 11) is 0. The molecule has 0 unspecified atom stereocenters. The number of esters is 1. The van der Waals surface area contributed by atoms with E-state index in [2.05, 4.69) is 5.43 Å². The first-order chi connectivity index (χ1) is 10.6. The second kappa shape index (κ2) is 8.11. The first-order valence-electron chi connectivity index (χ1n) is 8.40. The quantitative estimate of drug-likeness (QED) is 0.311. The van der Waals surface area contributed by atoms with Gasteiger partial charge >= 0.3 is 5.97 Å². The molecule has 2 rings (SSSR count). The zero-order valence-corrected chi connectivity index (χ0v) is 14.3. The molecule has 6 heteroatoms. The van der Waals surface area contributed by atoms with Crippen LogP contribution in [0.2, 0.25) is 0 Å². The van der Waals surface area contributed by atoms with E-state index in [4.69, 9.17) is 16.3 Å². The number of hydrazine groups is 1. The van der Waals surface area contributed by atoms with Gasteiger partial charge in [-0.25, -0.2) is 4.79 Å². The second-order valence-corrected chi connectivity index (χ2v) is 7.82. The van der Waals surface area contributed by atoms with E-state index in [9.17, 15) is 4.79 Å². The fourth-order valence-electron chi connectivity index (χ4n) is 3.80. The van der Waals surface area contributed by atoms with E-state index in [1.807, 2.05) is 0 Å². The summed E-state index contributed by atoms with van der Waals surface area (Å²) in [5.74, 6) is 4.94. The molecule has 2 aliphatic carbocycles. The largest absolute Gasteiger partial charge is 0.461 e. The molecule has 0 aliphatic heterocycles. The molecule has 0 atom stereocenters. The van der Waals surface area contributed by atoms with Gasteiger partial charge < -0.3 is 15.9 Å². The number of carbonyl (C=O) groups excluding carboxylic acids is 1. The van der Waals surface area contributed by atoms with E-state index < -0.39 is 5.97 Å². The molecule has 5 N–H and O–H groups in total. The van der Waals surface area contributed by atoms with Gasteiger partial charge in [0.1, 0.15) is 0 Å². The Morgan fingerprint density at radius 3 is 2.41 bits per heavy atom. The lowest BCUT2D eigenvalue weighted by molar-refractivity contribution is -0.139. The molecule has 2 fully saturated rings. The second-order valence-electron chi connectivity index (χ2n) is 6.48. The van der Waals surface area contributed by atoms with Crippen molar-refractivity contribution < 1.29 is 9.53 Å². The number of nitrogens with two attached hydrogens (primary N) is 2. The summed E-state index contributed by atoms with van der Waals surface area (Å²) in [6.45, 7) is 2.08. The zero-order valence-electron chi connectivity index (χ0n) is 13.5. The summed E-state index contributed by atoms with van der Waals surface area (Å²) in [5.41, 5.74) is 9.24. The highest BCUT2D eigenvalue weighted by Crippen LogP contribution is 2.49. The lowest BCUT2D eigenvalue weighted by Gasteiger charge is -2.42. The van der Waals surface area contributed by atoms with Gasteiger partial charge in [0.25, 0.3) is 0 Å². The van der Waals surface area contributed by atoms with Gasteiger partial charge in [-0.15, -0.1) is 11.8 Å². The van der Waals surface area contributed by atoms with Crippen molar-refractivity contribution in [1.82, 2.24) is 5.43 Å². The zero-order chi connectivity index (χ0) is 16.0. The van der Waals surface area contributed by atoms with Crippen molar-refractivity contribution in [3.05, 3.63) is 10.7 Å². The number of carbonyl (C=O) groups is 1. The molecule has 0 amide bonds. The topological polar surface area (TPSA) is 90.4 Å². The van der Waals surface area contributed by atoms with E-state index in [-0.39, 0.29) is 5.70 Å². The van der Waals surface area contributed by atoms with E-state index in [0.717, 1.165) is 0 Å². The van der Waals surface area contributed by atoms with Gasteiger partial charge in [0, 0.05) is 5.25 Å². The number of thioether (sulfide) groups is 1. The predicted molar refractivity (Wildman–Crippen MR) is 90.5 cm³/mol. The van der Waals surface area contributed by atoms with Crippen molar-refractivity contribution in [1.29, 1.82) is 0 Å². The molecule has 0 saturated heterocycles. The molecule has 2 saturated carbocycles. The molecular formula is C16H29N3O2S. The minimum atomic E-state index is -0.477. The average Bonchev–Trinajstić information content (AvgIpc) is 2.52. The molecule has 1 spiro atoms. The maximum absolute atomic E-state index is 11.8. The average molecular weight is 327 g/mol. The Balaban J connectivity index is 1.90. The molecule has 0 bridgehead atoms. The summed E-state index contributed by atoms with van der Waals surface area (Å²) < 4.78 is 4.96. The van der Waals surface area contributed by atoms with E-state index in [0.29, 0.717) is 22.3 Å². The Kier molecular flexibility index (Phi) is 6.44. The Bertz CT molecular complexity index is 410. The third-order valence-corrected chi connectivity index (χ3v) is 6.33. The maximum Gasteiger partial charge on any atom is 0.358 e. The number of hydrogen-bond donors (Lipinski definition) is 3. The standard InChI is InChI=1S/C16H29N3O2S/c1-2-21-15(20)13(19-18)14(17)22-12-6-10-16(11-7-12)8-4-3-5-9-16/h12,19H,2-11,17-18H2,1H3/b14-13+. The van der Waals surface area contributed by atoms with Crippen LogP contribution in [-0.2, 0) is 9.53 Å². The molecule has 2 aliphatic rings. The Labute approximate surface area is 137 Å². The highest BCUT2D eigenvalue weighted by Gasteiger charge is 2.36. The number of ether oxygens (including phenoxy) is 1. The summed E-state index contributed by atoms with van der Waals surface area (Å²) >= 11 is 1.57.